The first-order valence-electron chi connectivity index (χ1n) is 11.5. The number of allylic oxidation sites excluding steroid dienone is 3. The van der Waals surface area contributed by atoms with Gasteiger partial charge >= 0.3 is 5.97 Å². The first kappa shape index (κ1) is 25.7. The number of carbonyl (C=O) groups excluding carboxylic acids is 1. The Labute approximate surface area is 192 Å². The predicted octanol–water partition coefficient (Wildman–Crippen LogP) is 5.97. The van der Waals surface area contributed by atoms with Gasteiger partial charge in [0.05, 0.1) is 25.0 Å². The van der Waals surface area contributed by atoms with E-state index in [-0.39, 0.29) is 11.9 Å². The van der Waals surface area contributed by atoms with Crippen molar-refractivity contribution < 1.29 is 19.4 Å². The molecular weight excluding hydrogens is 416 g/mol. The van der Waals surface area contributed by atoms with Gasteiger partial charge in [-0.1, -0.05) is 26.7 Å². The third kappa shape index (κ3) is 8.16. The molecule has 1 fully saturated rings. The van der Waals surface area contributed by atoms with E-state index >= 15 is 0 Å². The Morgan fingerprint density at radius 1 is 1.33 bits per heavy atom. The number of unbranched alkanes of at least 4 members (excludes halogenated alkanes) is 3. The molecule has 5 atom stereocenters. The molecule has 1 heterocycles. The minimum Gasteiger partial charge on any atom is -0.470 e. The van der Waals surface area contributed by atoms with Crippen LogP contribution < -0.4 is 0 Å². The number of carbonyl (C=O) groups is 1. The maximum absolute atomic E-state index is 11.9. The molecule has 3 unspecified atom stereocenters. The molecule has 0 radical (unpaired) electrons. The molecule has 30 heavy (non-hydrogen) atoms. The highest BCUT2D eigenvalue weighted by molar-refractivity contribution is 7.99. The number of hydrogen-bond acceptors (Lipinski definition) is 6. The highest BCUT2D eigenvalue weighted by Gasteiger charge is 2.38. The first-order chi connectivity index (χ1) is 14.4. The van der Waals surface area contributed by atoms with Crippen LogP contribution >= 0.6 is 24.4 Å². The second kappa shape index (κ2) is 13.7. The van der Waals surface area contributed by atoms with Crippen LogP contribution in [0.2, 0.25) is 0 Å². The molecule has 0 amide bonds. The molecule has 1 saturated carbocycles. The third-order valence-electron chi connectivity index (χ3n) is 6.51. The van der Waals surface area contributed by atoms with Crippen molar-refractivity contribution in [2.24, 2.45) is 23.7 Å². The smallest absolute Gasteiger partial charge is 0.306 e. The van der Waals surface area contributed by atoms with Crippen LogP contribution in [0.15, 0.2) is 23.7 Å². The average molecular weight is 457 g/mol. The Hall–Kier alpha value is -0.590. The zero-order valence-corrected chi connectivity index (χ0v) is 20.6. The van der Waals surface area contributed by atoms with E-state index in [9.17, 15) is 9.90 Å². The molecule has 6 heteroatoms. The number of fused-ring (bicyclic) bond motifs is 1. The summed E-state index contributed by atoms with van der Waals surface area (Å²) in [6.45, 7) is 6.96. The minimum atomic E-state index is -0.490. The molecule has 1 N–H and O–H groups in total. The van der Waals surface area contributed by atoms with Crippen molar-refractivity contribution in [1.29, 1.82) is 0 Å². The van der Waals surface area contributed by atoms with Gasteiger partial charge in [0, 0.05) is 5.75 Å². The largest absolute Gasteiger partial charge is 0.470 e. The molecule has 1 aliphatic heterocycles. The van der Waals surface area contributed by atoms with Gasteiger partial charge in [0.2, 0.25) is 0 Å². The zero-order valence-electron chi connectivity index (χ0n) is 18.8. The van der Waals surface area contributed by atoms with Crippen molar-refractivity contribution in [3.05, 3.63) is 23.7 Å². The van der Waals surface area contributed by atoms with Gasteiger partial charge in [-0.3, -0.25) is 4.79 Å². The molecule has 0 aromatic heterocycles. The van der Waals surface area contributed by atoms with E-state index in [1.165, 1.54) is 23.8 Å². The normalized spacial score (nSPS) is 25.8. The van der Waals surface area contributed by atoms with Crippen LogP contribution in [0.1, 0.15) is 72.1 Å². The fraction of sp³-hybridized carbons (Fsp3) is 0.792. The highest BCUT2D eigenvalue weighted by atomic mass is 32.2. The van der Waals surface area contributed by atoms with Crippen molar-refractivity contribution in [2.45, 2.75) is 77.6 Å². The topological polar surface area (TPSA) is 55.8 Å². The second-order valence-corrected chi connectivity index (χ2v) is 10.5. The summed E-state index contributed by atoms with van der Waals surface area (Å²) in [5.74, 6) is 3.91. The predicted molar refractivity (Wildman–Crippen MR) is 128 cm³/mol. The van der Waals surface area contributed by atoms with Gasteiger partial charge < -0.3 is 14.6 Å². The maximum Gasteiger partial charge on any atom is 0.306 e. The van der Waals surface area contributed by atoms with E-state index in [0.29, 0.717) is 36.5 Å². The minimum absolute atomic E-state index is 0.126. The standard InChI is InChI=1S/C24H40O4S2/c1-17-8-10-21(22-16-28-18(2)9-11-20(17)22)19(3)24(26)30-15-12-23(25)27-13-6-4-5-7-14-29/h9,16-17,19-21,24,26,29H,4-8,10-15H2,1-3H3/t17-,19-,20?,21?,24?/m1/s1. The number of aliphatic hydroxyl groups excluding tert-OH is 1. The Kier molecular flexibility index (Phi) is 11.8. The summed E-state index contributed by atoms with van der Waals surface area (Å²) in [6, 6.07) is 0. The van der Waals surface area contributed by atoms with Gasteiger partial charge in [-0.15, -0.1) is 11.8 Å². The number of hydrogen-bond donors (Lipinski definition) is 2. The third-order valence-corrected chi connectivity index (χ3v) is 8.04. The average Bonchev–Trinajstić information content (AvgIpc) is 2.93. The van der Waals surface area contributed by atoms with Gasteiger partial charge in [0.1, 0.15) is 5.44 Å². The van der Waals surface area contributed by atoms with Gasteiger partial charge in [-0.2, -0.15) is 12.6 Å². The van der Waals surface area contributed by atoms with E-state index in [2.05, 4.69) is 32.6 Å². The van der Waals surface area contributed by atoms with Crippen LogP contribution in [0, 0.1) is 23.7 Å². The lowest BCUT2D eigenvalue weighted by atomic mass is 9.67. The number of thiol groups is 1. The highest BCUT2D eigenvalue weighted by Crippen LogP contribution is 2.46. The number of aliphatic hydroxyl groups is 1. The van der Waals surface area contributed by atoms with E-state index < -0.39 is 5.44 Å². The molecule has 0 aromatic carbocycles. The molecule has 2 aliphatic rings. The summed E-state index contributed by atoms with van der Waals surface area (Å²) in [6.07, 6.45) is 12.0. The summed E-state index contributed by atoms with van der Waals surface area (Å²) in [5.41, 5.74) is 0.864. The zero-order chi connectivity index (χ0) is 21.9. The molecule has 0 spiro atoms. The summed E-state index contributed by atoms with van der Waals surface area (Å²) in [5, 5.41) is 10.8. The Morgan fingerprint density at radius 3 is 2.87 bits per heavy atom. The van der Waals surface area contributed by atoms with Crippen LogP contribution in [-0.2, 0) is 14.3 Å². The van der Waals surface area contributed by atoms with E-state index in [0.717, 1.165) is 50.0 Å². The number of rotatable bonds is 12. The quantitative estimate of drug-likeness (QED) is 0.164. The number of thioether (sulfide) groups is 1. The number of esters is 1. The van der Waals surface area contributed by atoms with E-state index in [1.807, 2.05) is 13.2 Å². The lowest BCUT2D eigenvalue weighted by Gasteiger charge is -2.40. The number of ether oxygens (including phenoxy) is 2. The first-order valence-corrected chi connectivity index (χ1v) is 13.2. The lowest BCUT2D eigenvalue weighted by molar-refractivity contribution is -0.143. The van der Waals surface area contributed by atoms with E-state index in [4.69, 9.17) is 9.47 Å². The van der Waals surface area contributed by atoms with Crippen LogP contribution in [-0.4, -0.2) is 34.6 Å². The Bertz CT molecular complexity index is 590. The molecule has 4 nitrogen and oxygen atoms in total. The van der Waals surface area contributed by atoms with Crippen LogP contribution in [0.5, 0.6) is 0 Å². The Balaban J connectivity index is 1.73. The van der Waals surface area contributed by atoms with Crippen LogP contribution in [0.25, 0.3) is 0 Å². The van der Waals surface area contributed by atoms with Crippen LogP contribution in [0.3, 0.4) is 0 Å². The van der Waals surface area contributed by atoms with Gasteiger partial charge in [-0.25, -0.2) is 0 Å². The molecular formula is C24H40O4S2. The molecule has 1 aliphatic carbocycles. The summed E-state index contributed by atoms with van der Waals surface area (Å²) in [4.78, 5) is 11.9. The van der Waals surface area contributed by atoms with Crippen molar-refractivity contribution in [1.82, 2.24) is 0 Å². The fourth-order valence-corrected chi connectivity index (χ4v) is 5.71. The second-order valence-electron chi connectivity index (χ2n) is 8.78. The fourth-order valence-electron chi connectivity index (χ4n) is 4.46. The maximum atomic E-state index is 11.9. The van der Waals surface area contributed by atoms with Crippen molar-refractivity contribution >= 4 is 30.4 Å². The Morgan fingerprint density at radius 2 is 2.10 bits per heavy atom. The van der Waals surface area contributed by atoms with Crippen molar-refractivity contribution in [3.8, 4) is 0 Å². The van der Waals surface area contributed by atoms with Crippen molar-refractivity contribution in [3.63, 3.8) is 0 Å². The van der Waals surface area contributed by atoms with Gasteiger partial charge in [0.25, 0.3) is 0 Å². The molecule has 2 rings (SSSR count). The van der Waals surface area contributed by atoms with Crippen molar-refractivity contribution in [2.75, 3.05) is 18.1 Å². The van der Waals surface area contributed by atoms with Gasteiger partial charge in [0.15, 0.2) is 0 Å². The van der Waals surface area contributed by atoms with Gasteiger partial charge in [-0.05, 0) is 80.1 Å². The summed E-state index contributed by atoms with van der Waals surface area (Å²) in [7, 11) is 0. The molecule has 0 bridgehead atoms. The lowest BCUT2D eigenvalue weighted by Crippen LogP contribution is -2.33. The monoisotopic (exact) mass is 456 g/mol. The summed E-state index contributed by atoms with van der Waals surface area (Å²) < 4.78 is 11.1. The molecule has 0 aromatic rings. The van der Waals surface area contributed by atoms with Crippen LogP contribution in [0.4, 0.5) is 0 Å². The van der Waals surface area contributed by atoms with E-state index in [1.54, 1.807) is 0 Å². The SMILES string of the molecule is CC1=CCC2C(=CO1)C([C@@H](C)C(O)SCCC(=O)OCCCCCCS)CC[C@H]2C. The summed E-state index contributed by atoms with van der Waals surface area (Å²) >= 11 is 5.66. The molecule has 172 valence electrons. The molecule has 0 saturated heterocycles.